The molecule has 172 valence electrons. The van der Waals surface area contributed by atoms with E-state index in [1.165, 1.54) is 4.90 Å². The molecule has 1 N–H and O–H groups in total. The summed E-state index contributed by atoms with van der Waals surface area (Å²) < 4.78 is 0. The van der Waals surface area contributed by atoms with E-state index >= 15 is 0 Å². The van der Waals surface area contributed by atoms with Crippen LogP contribution in [0.15, 0.2) is 72.9 Å². The SMILES string of the molecule is C=C(Nc1ccccc1)C1CC(C#N)N(C(=O)CN(C)C(=O)c2ccc3nc(C)ccc3c2)C1. The van der Waals surface area contributed by atoms with Crippen LogP contribution in [0.2, 0.25) is 0 Å². The summed E-state index contributed by atoms with van der Waals surface area (Å²) in [6.07, 6.45) is 0.510. The molecule has 4 rings (SSSR count). The molecule has 1 aliphatic rings. The van der Waals surface area contributed by atoms with Crippen LogP contribution in [0.3, 0.4) is 0 Å². The third-order valence-corrected chi connectivity index (χ3v) is 6.14. The minimum absolute atomic E-state index is 0.0498. The van der Waals surface area contributed by atoms with Crippen LogP contribution in [0, 0.1) is 24.2 Å². The minimum Gasteiger partial charge on any atom is -0.359 e. The molecule has 1 aliphatic heterocycles. The second kappa shape index (κ2) is 9.75. The monoisotopic (exact) mass is 453 g/mol. The highest BCUT2D eigenvalue weighted by molar-refractivity contribution is 5.99. The van der Waals surface area contributed by atoms with Crippen LogP contribution in [-0.4, -0.2) is 52.8 Å². The first kappa shape index (κ1) is 23.0. The third kappa shape index (κ3) is 4.91. The van der Waals surface area contributed by atoms with Crippen molar-refractivity contribution in [3.05, 3.63) is 84.2 Å². The molecule has 0 aliphatic carbocycles. The molecular formula is C27H27N5O2. The van der Waals surface area contributed by atoms with Gasteiger partial charge in [0.15, 0.2) is 0 Å². The van der Waals surface area contributed by atoms with Crippen molar-refractivity contribution in [2.45, 2.75) is 19.4 Å². The lowest BCUT2D eigenvalue weighted by atomic mass is 10.0. The molecule has 34 heavy (non-hydrogen) atoms. The average molecular weight is 454 g/mol. The Hall–Kier alpha value is -4.18. The summed E-state index contributed by atoms with van der Waals surface area (Å²) in [4.78, 5) is 33.4. The summed E-state index contributed by atoms with van der Waals surface area (Å²) >= 11 is 0. The van der Waals surface area contributed by atoms with Gasteiger partial charge >= 0.3 is 0 Å². The maximum atomic E-state index is 13.1. The Balaban J connectivity index is 1.40. The number of nitrogens with zero attached hydrogens (tertiary/aromatic N) is 4. The van der Waals surface area contributed by atoms with Gasteiger partial charge in [0.25, 0.3) is 5.91 Å². The van der Waals surface area contributed by atoms with Gasteiger partial charge in [-0.05, 0) is 49.7 Å². The lowest BCUT2D eigenvalue weighted by Crippen LogP contribution is -2.43. The van der Waals surface area contributed by atoms with Crippen LogP contribution in [0.1, 0.15) is 22.5 Å². The fourth-order valence-electron chi connectivity index (χ4n) is 4.24. The molecule has 2 aromatic carbocycles. The van der Waals surface area contributed by atoms with E-state index in [1.807, 2.05) is 55.5 Å². The summed E-state index contributed by atoms with van der Waals surface area (Å²) in [6.45, 7) is 6.33. The molecule has 2 unspecified atom stereocenters. The second-order valence-electron chi connectivity index (χ2n) is 8.66. The van der Waals surface area contributed by atoms with Crippen LogP contribution >= 0.6 is 0 Å². The zero-order valence-corrected chi connectivity index (χ0v) is 19.4. The standard InChI is InChI=1S/C27H27N5O2/c1-18-9-10-20-13-21(11-12-25(20)29-18)27(34)31(3)17-26(33)32-16-22(14-24(32)15-28)19(2)30-23-7-5-4-6-8-23/h4-13,22,24,30H,2,14,16-17H2,1,3H3. The molecule has 0 radical (unpaired) electrons. The molecule has 1 saturated heterocycles. The number of para-hydroxylation sites is 1. The van der Waals surface area contributed by atoms with Gasteiger partial charge in [0.05, 0.1) is 18.1 Å². The number of hydrogen-bond acceptors (Lipinski definition) is 5. The van der Waals surface area contributed by atoms with Crippen molar-refractivity contribution in [2.75, 3.05) is 25.5 Å². The summed E-state index contributed by atoms with van der Waals surface area (Å²) in [5.74, 6) is -0.558. The van der Waals surface area contributed by atoms with Crippen LogP contribution in [0.25, 0.3) is 10.9 Å². The number of nitrogens with one attached hydrogen (secondary N) is 1. The van der Waals surface area contributed by atoms with Crippen LogP contribution in [0.4, 0.5) is 5.69 Å². The van der Waals surface area contributed by atoms with E-state index in [0.717, 1.165) is 28.0 Å². The molecule has 1 fully saturated rings. The molecule has 7 nitrogen and oxygen atoms in total. The number of aromatic nitrogens is 1. The highest BCUT2D eigenvalue weighted by atomic mass is 16.2. The molecule has 2 atom stereocenters. The summed E-state index contributed by atoms with van der Waals surface area (Å²) in [6, 6.07) is 20.5. The van der Waals surface area contributed by atoms with Crippen molar-refractivity contribution in [2.24, 2.45) is 5.92 Å². The lowest BCUT2D eigenvalue weighted by molar-refractivity contribution is -0.131. The van der Waals surface area contributed by atoms with E-state index in [0.29, 0.717) is 18.5 Å². The van der Waals surface area contributed by atoms with E-state index in [9.17, 15) is 14.9 Å². The maximum Gasteiger partial charge on any atom is 0.254 e. The number of pyridine rings is 1. The number of fused-ring (bicyclic) bond motifs is 1. The van der Waals surface area contributed by atoms with Crippen molar-refractivity contribution in [3.8, 4) is 6.07 Å². The topological polar surface area (TPSA) is 89.3 Å². The normalized spacial score (nSPS) is 17.3. The predicted molar refractivity (Wildman–Crippen MR) is 132 cm³/mol. The summed E-state index contributed by atoms with van der Waals surface area (Å²) in [5.41, 5.74) is 3.90. The largest absolute Gasteiger partial charge is 0.359 e. The molecular weight excluding hydrogens is 426 g/mol. The Labute approximate surface area is 199 Å². The lowest BCUT2D eigenvalue weighted by Gasteiger charge is -2.24. The van der Waals surface area contributed by atoms with Gasteiger partial charge in [-0.25, -0.2) is 0 Å². The fraction of sp³-hybridized carbons (Fsp3) is 0.259. The first-order valence-corrected chi connectivity index (χ1v) is 11.2. The molecule has 3 aromatic rings. The smallest absolute Gasteiger partial charge is 0.254 e. The number of likely N-dealkylation sites (N-methyl/N-ethyl adjacent to an activating group) is 1. The summed E-state index contributed by atoms with van der Waals surface area (Å²) in [7, 11) is 1.60. The average Bonchev–Trinajstić information content (AvgIpc) is 3.29. The number of nitriles is 1. The molecule has 0 bridgehead atoms. The first-order chi connectivity index (χ1) is 16.4. The fourth-order valence-corrected chi connectivity index (χ4v) is 4.24. The Kier molecular flexibility index (Phi) is 6.60. The molecule has 2 amide bonds. The van der Waals surface area contributed by atoms with E-state index in [2.05, 4.69) is 22.9 Å². The van der Waals surface area contributed by atoms with Gasteiger partial charge in [0.1, 0.15) is 6.04 Å². The number of amides is 2. The maximum absolute atomic E-state index is 13.1. The van der Waals surface area contributed by atoms with Crippen LogP contribution in [-0.2, 0) is 4.79 Å². The molecule has 0 saturated carbocycles. The molecule has 1 aromatic heterocycles. The van der Waals surface area contributed by atoms with Crippen LogP contribution in [0.5, 0.6) is 0 Å². The van der Waals surface area contributed by atoms with Gasteiger partial charge in [-0.15, -0.1) is 0 Å². The number of rotatable bonds is 6. The van der Waals surface area contributed by atoms with Gasteiger partial charge in [-0.1, -0.05) is 30.8 Å². The van der Waals surface area contributed by atoms with E-state index in [-0.39, 0.29) is 24.3 Å². The number of aryl methyl sites for hydroxylation is 1. The van der Waals surface area contributed by atoms with Crippen molar-refractivity contribution in [1.29, 1.82) is 5.26 Å². The number of hydrogen-bond donors (Lipinski definition) is 1. The zero-order chi connectivity index (χ0) is 24.2. The second-order valence-corrected chi connectivity index (χ2v) is 8.66. The van der Waals surface area contributed by atoms with Crippen molar-refractivity contribution >= 4 is 28.4 Å². The van der Waals surface area contributed by atoms with Crippen molar-refractivity contribution < 1.29 is 9.59 Å². The number of likely N-dealkylation sites (tertiary alicyclic amines) is 1. The quantitative estimate of drug-likeness (QED) is 0.610. The van der Waals surface area contributed by atoms with Crippen molar-refractivity contribution in [3.63, 3.8) is 0 Å². The molecule has 0 spiro atoms. The highest BCUT2D eigenvalue weighted by Gasteiger charge is 2.37. The summed E-state index contributed by atoms with van der Waals surface area (Å²) in [5, 5.41) is 13.8. The van der Waals surface area contributed by atoms with Crippen LogP contribution < -0.4 is 5.32 Å². The Bertz CT molecular complexity index is 1280. The van der Waals surface area contributed by atoms with Gasteiger partial charge in [-0.2, -0.15) is 5.26 Å². The number of anilines is 1. The highest BCUT2D eigenvalue weighted by Crippen LogP contribution is 2.29. The molecule has 7 heteroatoms. The Morgan fingerprint density at radius 3 is 2.71 bits per heavy atom. The Morgan fingerprint density at radius 2 is 1.97 bits per heavy atom. The van der Waals surface area contributed by atoms with E-state index in [1.54, 1.807) is 24.1 Å². The van der Waals surface area contributed by atoms with Gasteiger partial charge in [0.2, 0.25) is 5.91 Å². The van der Waals surface area contributed by atoms with Gasteiger partial charge < -0.3 is 15.1 Å². The number of carbonyl (C=O) groups excluding carboxylic acids is 2. The Morgan fingerprint density at radius 1 is 1.21 bits per heavy atom. The van der Waals surface area contributed by atoms with Crippen molar-refractivity contribution in [1.82, 2.24) is 14.8 Å². The predicted octanol–water partition coefficient (Wildman–Crippen LogP) is 3.98. The molecule has 2 heterocycles. The first-order valence-electron chi connectivity index (χ1n) is 11.2. The number of benzene rings is 2. The zero-order valence-electron chi connectivity index (χ0n) is 19.4. The van der Waals surface area contributed by atoms with Gasteiger partial charge in [0, 0.05) is 47.5 Å². The van der Waals surface area contributed by atoms with Gasteiger partial charge in [-0.3, -0.25) is 14.6 Å². The third-order valence-electron chi connectivity index (χ3n) is 6.14. The van der Waals surface area contributed by atoms with E-state index < -0.39 is 6.04 Å². The van der Waals surface area contributed by atoms with E-state index in [4.69, 9.17) is 0 Å². The minimum atomic E-state index is -0.551. The number of carbonyl (C=O) groups is 2.